The molecule has 0 saturated carbocycles. The number of aromatic nitrogens is 2. The Hall–Kier alpha value is -1.94. The van der Waals surface area contributed by atoms with E-state index in [0.29, 0.717) is 5.56 Å². The molecule has 106 valence electrons. The monoisotopic (exact) mass is 272 g/mol. The van der Waals surface area contributed by atoms with E-state index < -0.39 is 6.10 Å². The Kier molecular flexibility index (Phi) is 4.04. The first-order chi connectivity index (χ1) is 9.38. The lowest BCUT2D eigenvalue weighted by Crippen LogP contribution is -2.26. The predicted molar refractivity (Wildman–Crippen MR) is 78.8 cm³/mol. The van der Waals surface area contributed by atoms with Crippen LogP contribution in [-0.4, -0.2) is 14.7 Å². The van der Waals surface area contributed by atoms with E-state index >= 15 is 0 Å². The summed E-state index contributed by atoms with van der Waals surface area (Å²) in [6.07, 6.45) is 0.784. The second-order valence-corrected chi connectivity index (χ2v) is 5.35. The summed E-state index contributed by atoms with van der Waals surface area (Å²) in [5, 5.41) is 10.3. The van der Waals surface area contributed by atoms with Crippen LogP contribution in [0.25, 0.3) is 0 Å². The molecule has 0 bridgehead atoms. The van der Waals surface area contributed by atoms with Gasteiger partial charge in [-0.3, -0.25) is 9.36 Å². The minimum Gasteiger partial charge on any atom is -0.387 e. The minimum atomic E-state index is -0.713. The van der Waals surface area contributed by atoms with E-state index in [4.69, 9.17) is 0 Å². The third kappa shape index (κ3) is 2.96. The van der Waals surface area contributed by atoms with Gasteiger partial charge >= 0.3 is 0 Å². The topological polar surface area (TPSA) is 55.1 Å². The molecule has 0 radical (unpaired) electrons. The molecule has 2 rings (SSSR count). The summed E-state index contributed by atoms with van der Waals surface area (Å²) in [6, 6.07) is 5.94. The van der Waals surface area contributed by atoms with Crippen molar-refractivity contribution in [3.63, 3.8) is 0 Å². The molecule has 0 aliphatic heterocycles. The van der Waals surface area contributed by atoms with Gasteiger partial charge in [0.1, 0.15) is 0 Å². The number of hydrogen-bond acceptors (Lipinski definition) is 3. The molecule has 1 N–H and O–H groups in total. The van der Waals surface area contributed by atoms with Gasteiger partial charge in [0.05, 0.1) is 19.0 Å². The van der Waals surface area contributed by atoms with E-state index in [9.17, 15) is 9.90 Å². The highest BCUT2D eigenvalue weighted by Crippen LogP contribution is 2.18. The van der Waals surface area contributed by atoms with Crippen LogP contribution in [0.4, 0.5) is 0 Å². The highest BCUT2D eigenvalue weighted by atomic mass is 16.3. The summed E-state index contributed by atoms with van der Waals surface area (Å²) >= 11 is 0. The van der Waals surface area contributed by atoms with Crippen molar-refractivity contribution in [3.8, 4) is 0 Å². The van der Waals surface area contributed by atoms with E-state index in [1.807, 2.05) is 26.0 Å². The molecule has 1 heterocycles. The van der Waals surface area contributed by atoms with Crippen molar-refractivity contribution in [2.45, 2.75) is 40.3 Å². The standard InChI is InChI=1S/C16H20N2O2/c1-10-5-11(2)7-14(6-10)15(19)8-18-9-17-13(4)12(3)16(18)20/h5-7,9,15,19H,8H2,1-4H3. The SMILES string of the molecule is Cc1cc(C)cc(C(O)Cn2cnc(C)c(C)c2=O)c1. The fourth-order valence-corrected chi connectivity index (χ4v) is 2.30. The van der Waals surface area contributed by atoms with E-state index in [0.717, 1.165) is 22.4 Å². The fourth-order valence-electron chi connectivity index (χ4n) is 2.30. The molecule has 1 unspecified atom stereocenters. The van der Waals surface area contributed by atoms with Crippen molar-refractivity contribution in [2.24, 2.45) is 0 Å². The maximum atomic E-state index is 12.1. The van der Waals surface area contributed by atoms with E-state index in [2.05, 4.69) is 11.1 Å². The third-order valence-corrected chi connectivity index (χ3v) is 3.51. The number of benzene rings is 1. The number of aryl methyl sites for hydroxylation is 3. The van der Waals surface area contributed by atoms with Gasteiger partial charge in [0.15, 0.2) is 0 Å². The number of rotatable bonds is 3. The molecular weight excluding hydrogens is 252 g/mol. The van der Waals surface area contributed by atoms with Crippen LogP contribution in [0.15, 0.2) is 29.3 Å². The van der Waals surface area contributed by atoms with Crippen LogP contribution in [0.1, 0.15) is 34.1 Å². The average Bonchev–Trinajstić information content (AvgIpc) is 2.38. The van der Waals surface area contributed by atoms with Gasteiger partial charge in [0, 0.05) is 11.3 Å². The lowest BCUT2D eigenvalue weighted by Gasteiger charge is -2.15. The van der Waals surface area contributed by atoms with E-state index in [-0.39, 0.29) is 12.1 Å². The number of aliphatic hydroxyl groups excluding tert-OH is 1. The second-order valence-electron chi connectivity index (χ2n) is 5.35. The van der Waals surface area contributed by atoms with Gasteiger partial charge in [-0.15, -0.1) is 0 Å². The number of aliphatic hydroxyl groups is 1. The van der Waals surface area contributed by atoms with Crippen molar-refractivity contribution >= 4 is 0 Å². The van der Waals surface area contributed by atoms with Crippen LogP contribution in [0.2, 0.25) is 0 Å². The molecule has 0 aliphatic carbocycles. The Morgan fingerprint density at radius 2 is 1.75 bits per heavy atom. The zero-order valence-corrected chi connectivity index (χ0v) is 12.3. The smallest absolute Gasteiger partial charge is 0.256 e. The maximum Gasteiger partial charge on any atom is 0.256 e. The van der Waals surface area contributed by atoms with Crippen LogP contribution in [0.3, 0.4) is 0 Å². The molecule has 4 heteroatoms. The van der Waals surface area contributed by atoms with Crippen molar-refractivity contribution in [2.75, 3.05) is 0 Å². The van der Waals surface area contributed by atoms with Crippen LogP contribution in [0.5, 0.6) is 0 Å². The van der Waals surface area contributed by atoms with E-state index in [1.54, 1.807) is 13.8 Å². The summed E-state index contributed by atoms with van der Waals surface area (Å²) in [6.45, 7) is 7.77. The molecular formula is C16H20N2O2. The molecule has 0 fully saturated rings. The molecule has 0 amide bonds. The van der Waals surface area contributed by atoms with Gasteiger partial charge in [-0.2, -0.15) is 0 Å². The minimum absolute atomic E-state index is 0.0964. The summed E-state index contributed by atoms with van der Waals surface area (Å²) in [7, 11) is 0. The maximum absolute atomic E-state index is 12.1. The Morgan fingerprint density at radius 3 is 2.35 bits per heavy atom. The van der Waals surface area contributed by atoms with Crippen LogP contribution in [-0.2, 0) is 6.54 Å². The van der Waals surface area contributed by atoms with Gasteiger partial charge in [-0.25, -0.2) is 4.98 Å². The Balaban J connectivity index is 2.30. The molecule has 0 aliphatic rings. The van der Waals surface area contributed by atoms with Gasteiger partial charge in [-0.1, -0.05) is 29.3 Å². The zero-order chi connectivity index (χ0) is 14.9. The lowest BCUT2D eigenvalue weighted by molar-refractivity contribution is 0.154. The first-order valence-electron chi connectivity index (χ1n) is 6.67. The molecule has 1 aromatic heterocycles. The molecule has 1 aromatic carbocycles. The van der Waals surface area contributed by atoms with Gasteiger partial charge in [-0.05, 0) is 33.3 Å². The van der Waals surface area contributed by atoms with Crippen molar-refractivity contribution in [1.82, 2.24) is 9.55 Å². The highest BCUT2D eigenvalue weighted by molar-refractivity contribution is 5.30. The first kappa shape index (κ1) is 14.5. The second kappa shape index (κ2) is 5.59. The Bertz CT molecular complexity index is 669. The third-order valence-electron chi connectivity index (χ3n) is 3.51. The van der Waals surface area contributed by atoms with E-state index in [1.165, 1.54) is 10.9 Å². The first-order valence-corrected chi connectivity index (χ1v) is 6.67. The summed E-state index contributed by atoms with van der Waals surface area (Å²) < 4.78 is 1.46. The van der Waals surface area contributed by atoms with Crippen LogP contribution in [0, 0.1) is 27.7 Å². The summed E-state index contributed by atoms with van der Waals surface area (Å²) in [4.78, 5) is 16.3. The molecule has 1 atom stereocenters. The van der Waals surface area contributed by atoms with Gasteiger partial charge < -0.3 is 5.11 Å². The molecule has 20 heavy (non-hydrogen) atoms. The molecule has 4 nitrogen and oxygen atoms in total. The van der Waals surface area contributed by atoms with Crippen LogP contribution < -0.4 is 5.56 Å². The molecule has 2 aromatic rings. The highest BCUT2D eigenvalue weighted by Gasteiger charge is 2.12. The average molecular weight is 272 g/mol. The largest absolute Gasteiger partial charge is 0.387 e. The van der Waals surface area contributed by atoms with Crippen molar-refractivity contribution in [1.29, 1.82) is 0 Å². The molecule has 0 saturated heterocycles. The van der Waals surface area contributed by atoms with Crippen LogP contribution >= 0.6 is 0 Å². The summed E-state index contributed by atoms with van der Waals surface area (Å²) in [5.74, 6) is 0. The quantitative estimate of drug-likeness (QED) is 0.932. The summed E-state index contributed by atoms with van der Waals surface area (Å²) in [5.41, 5.74) is 4.29. The Labute approximate surface area is 118 Å². The number of nitrogens with zero attached hydrogens (tertiary/aromatic N) is 2. The lowest BCUT2D eigenvalue weighted by atomic mass is 10.0. The van der Waals surface area contributed by atoms with Gasteiger partial charge in [0.25, 0.3) is 5.56 Å². The fraction of sp³-hybridized carbons (Fsp3) is 0.375. The molecule has 0 spiro atoms. The predicted octanol–water partition coefficient (Wildman–Crippen LogP) is 2.21. The van der Waals surface area contributed by atoms with Gasteiger partial charge in [0.2, 0.25) is 0 Å². The zero-order valence-electron chi connectivity index (χ0n) is 12.3. The normalized spacial score (nSPS) is 12.4. The number of hydrogen-bond donors (Lipinski definition) is 1. The van der Waals surface area contributed by atoms with Crippen molar-refractivity contribution < 1.29 is 5.11 Å². The Morgan fingerprint density at radius 1 is 1.15 bits per heavy atom. The van der Waals surface area contributed by atoms with Crippen molar-refractivity contribution in [3.05, 3.63) is 62.8 Å².